The second-order valence-corrected chi connectivity index (χ2v) is 5.78. The van der Waals surface area contributed by atoms with Crippen molar-refractivity contribution in [3.05, 3.63) is 66.0 Å². The van der Waals surface area contributed by atoms with E-state index in [-0.39, 0.29) is 24.7 Å². The summed E-state index contributed by atoms with van der Waals surface area (Å²) in [6.45, 7) is 0.937. The number of pyridine rings is 1. The minimum absolute atomic E-state index is 0.126. The summed E-state index contributed by atoms with van der Waals surface area (Å²) in [6.07, 6.45) is 2.72. The number of benzene rings is 1. The van der Waals surface area contributed by atoms with E-state index in [1.54, 1.807) is 6.20 Å². The topological polar surface area (TPSA) is 74.7 Å². The van der Waals surface area contributed by atoms with Crippen molar-refractivity contribution in [1.82, 2.24) is 15.3 Å². The molecule has 1 aliphatic heterocycles. The Morgan fingerprint density at radius 3 is 2.60 bits per heavy atom. The first kappa shape index (κ1) is 16.8. The van der Waals surface area contributed by atoms with Gasteiger partial charge in [-0.05, 0) is 17.7 Å². The Labute approximate surface area is 146 Å². The second kappa shape index (κ2) is 8.19. The molecule has 128 valence electrons. The Hall–Kier alpha value is -3.02. The Bertz CT molecular complexity index is 760. The van der Waals surface area contributed by atoms with Gasteiger partial charge in [0.15, 0.2) is 0 Å². The van der Waals surface area contributed by atoms with Gasteiger partial charge in [-0.2, -0.15) is 5.10 Å². The van der Waals surface area contributed by atoms with Crippen LogP contribution in [0.25, 0.3) is 0 Å². The molecule has 1 aliphatic rings. The second-order valence-electron chi connectivity index (χ2n) is 5.78. The Balaban J connectivity index is 1.45. The molecule has 6 heteroatoms. The van der Waals surface area contributed by atoms with Gasteiger partial charge < -0.3 is 5.32 Å². The maximum absolute atomic E-state index is 12.2. The summed E-state index contributed by atoms with van der Waals surface area (Å²) in [6, 6.07) is 15.4. The number of rotatable bonds is 6. The number of hydrazone groups is 1. The van der Waals surface area contributed by atoms with Crippen molar-refractivity contribution in [2.45, 2.75) is 25.8 Å². The van der Waals surface area contributed by atoms with Gasteiger partial charge in [0.2, 0.25) is 11.8 Å². The number of aromatic nitrogens is 1. The highest BCUT2D eigenvalue weighted by Crippen LogP contribution is 2.14. The first-order chi connectivity index (χ1) is 12.2. The van der Waals surface area contributed by atoms with Crippen LogP contribution in [-0.2, 0) is 16.1 Å². The molecule has 1 aromatic carbocycles. The molecule has 2 aromatic rings. The SMILES string of the molecule is O=C(CCC(=O)N1CCC(c2ccccc2)=N1)NCc1ccccn1. The number of hydrogen-bond acceptors (Lipinski definition) is 4. The predicted octanol–water partition coefficient (Wildman–Crippen LogP) is 2.11. The monoisotopic (exact) mass is 336 g/mol. The molecule has 1 N–H and O–H groups in total. The van der Waals surface area contributed by atoms with E-state index in [4.69, 9.17) is 0 Å². The zero-order chi connectivity index (χ0) is 17.5. The highest BCUT2D eigenvalue weighted by Gasteiger charge is 2.21. The summed E-state index contributed by atoms with van der Waals surface area (Å²) in [5, 5.41) is 8.63. The Morgan fingerprint density at radius 2 is 1.84 bits per heavy atom. The summed E-state index contributed by atoms with van der Waals surface area (Å²) < 4.78 is 0. The summed E-state index contributed by atoms with van der Waals surface area (Å²) in [4.78, 5) is 28.2. The first-order valence-corrected chi connectivity index (χ1v) is 8.32. The number of hydrogen-bond donors (Lipinski definition) is 1. The van der Waals surface area contributed by atoms with Crippen LogP contribution in [0.1, 0.15) is 30.5 Å². The summed E-state index contributed by atoms with van der Waals surface area (Å²) >= 11 is 0. The highest BCUT2D eigenvalue weighted by molar-refractivity contribution is 6.02. The molecule has 0 spiro atoms. The van der Waals surface area contributed by atoms with Crippen LogP contribution in [0.15, 0.2) is 59.8 Å². The fourth-order valence-corrected chi connectivity index (χ4v) is 2.60. The van der Waals surface area contributed by atoms with Gasteiger partial charge >= 0.3 is 0 Å². The third-order valence-electron chi connectivity index (χ3n) is 3.96. The van der Waals surface area contributed by atoms with Crippen molar-refractivity contribution in [1.29, 1.82) is 0 Å². The number of carbonyl (C=O) groups is 2. The van der Waals surface area contributed by atoms with Gasteiger partial charge in [0.05, 0.1) is 24.5 Å². The fourth-order valence-electron chi connectivity index (χ4n) is 2.60. The summed E-state index contributed by atoms with van der Waals surface area (Å²) in [5.74, 6) is -0.288. The largest absolute Gasteiger partial charge is 0.350 e. The van der Waals surface area contributed by atoms with Gasteiger partial charge in [-0.1, -0.05) is 36.4 Å². The molecule has 0 fully saturated rings. The van der Waals surface area contributed by atoms with Gasteiger partial charge in [-0.15, -0.1) is 0 Å². The average Bonchev–Trinajstić information content (AvgIpc) is 3.16. The van der Waals surface area contributed by atoms with E-state index in [0.29, 0.717) is 13.1 Å². The highest BCUT2D eigenvalue weighted by atomic mass is 16.2. The lowest BCUT2D eigenvalue weighted by Gasteiger charge is -2.11. The van der Waals surface area contributed by atoms with Gasteiger partial charge in [0.1, 0.15) is 0 Å². The quantitative estimate of drug-likeness (QED) is 0.878. The normalized spacial score (nSPS) is 13.4. The molecule has 0 unspecified atom stereocenters. The molecule has 3 rings (SSSR count). The standard InChI is InChI=1S/C19H20N4O2/c24-18(21-14-16-8-4-5-12-20-16)9-10-19(25)23-13-11-17(22-23)15-6-2-1-3-7-15/h1-8,12H,9-11,13-14H2,(H,21,24). The lowest BCUT2D eigenvalue weighted by Crippen LogP contribution is -2.27. The molecule has 0 aliphatic carbocycles. The van der Waals surface area contributed by atoms with E-state index in [0.717, 1.165) is 23.4 Å². The predicted molar refractivity (Wildman–Crippen MR) is 94.6 cm³/mol. The molecule has 0 bridgehead atoms. The first-order valence-electron chi connectivity index (χ1n) is 8.32. The molecule has 0 saturated carbocycles. The van der Waals surface area contributed by atoms with Gasteiger partial charge in [-0.25, -0.2) is 5.01 Å². The number of amides is 2. The zero-order valence-corrected chi connectivity index (χ0v) is 13.9. The molecule has 0 radical (unpaired) electrons. The van der Waals surface area contributed by atoms with Crippen LogP contribution in [0.2, 0.25) is 0 Å². The van der Waals surface area contributed by atoms with Crippen molar-refractivity contribution in [3.63, 3.8) is 0 Å². The van der Waals surface area contributed by atoms with E-state index in [9.17, 15) is 9.59 Å². The van der Waals surface area contributed by atoms with Crippen LogP contribution in [0, 0.1) is 0 Å². The van der Waals surface area contributed by atoms with Crippen LogP contribution in [-0.4, -0.2) is 34.1 Å². The van der Waals surface area contributed by atoms with Crippen molar-refractivity contribution in [3.8, 4) is 0 Å². The smallest absolute Gasteiger partial charge is 0.243 e. The van der Waals surface area contributed by atoms with Crippen LogP contribution < -0.4 is 5.32 Å². The van der Waals surface area contributed by atoms with Crippen molar-refractivity contribution >= 4 is 17.5 Å². The van der Waals surface area contributed by atoms with Gasteiger partial charge in [-0.3, -0.25) is 14.6 Å². The fraction of sp³-hybridized carbons (Fsp3) is 0.263. The lowest BCUT2D eigenvalue weighted by atomic mass is 10.1. The number of nitrogens with one attached hydrogen (secondary N) is 1. The molecule has 25 heavy (non-hydrogen) atoms. The van der Waals surface area contributed by atoms with Crippen molar-refractivity contribution in [2.24, 2.45) is 5.10 Å². The zero-order valence-electron chi connectivity index (χ0n) is 13.9. The third kappa shape index (κ3) is 4.73. The Morgan fingerprint density at radius 1 is 1.04 bits per heavy atom. The summed E-state index contributed by atoms with van der Waals surface area (Å²) in [7, 11) is 0. The minimum Gasteiger partial charge on any atom is -0.350 e. The van der Waals surface area contributed by atoms with Crippen molar-refractivity contribution < 1.29 is 9.59 Å². The maximum Gasteiger partial charge on any atom is 0.243 e. The molecule has 2 amide bonds. The molecular formula is C19H20N4O2. The Kier molecular flexibility index (Phi) is 5.51. The molecule has 0 atom stereocenters. The van der Waals surface area contributed by atoms with Gasteiger partial charge in [0.25, 0.3) is 0 Å². The molecule has 6 nitrogen and oxygen atoms in total. The van der Waals surface area contributed by atoms with Crippen LogP contribution >= 0.6 is 0 Å². The van der Waals surface area contributed by atoms with E-state index in [2.05, 4.69) is 15.4 Å². The molecule has 1 aromatic heterocycles. The summed E-state index contributed by atoms with van der Waals surface area (Å²) in [5.41, 5.74) is 2.73. The van der Waals surface area contributed by atoms with E-state index >= 15 is 0 Å². The van der Waals surface area contributed by atoms with Gasteiger partial charge in [0, 0.05) is 25.5 Å². The lowest BCUT2D eigenvalue weighted by molar-refractivity contribution is -0.133. The molecule has 2 heterocycles. The third-order valence-corrected chi connectivity index (χ3v) is 3.96. The molecular weight excluding hydrogens is 316 g/mol. The average molecular weight is 336 g/mol. The van der Waals surface area contributed by atoms with Crippen LogP contribution in [0.4, 0.5) is 0 Å². The molecule has 0 saturated heterocycles. The van der Waals surface area contributed by atoms with E-state index < -0.39 is 0 Å². The number of nitrogens with zero attached hydrogens (tertiary/aromatic N) is 3. The number of carbonyl (C=O) groups excluding carboxylic acids is 2. The van der Waals surface area contributed by atoms with E-state index in [1.165, 1.54) is 5.01 Å². The van der Waals surface area contributed by atoms with Crippen LogP contribution in [0.5, 0.6) is 0 Å². The minimum atomic E-state index is -0.162. The van der Waals surface area contributed by atoms with E-state index in [1.807, 2.05) is 48.5 Å². The maximum atomic E-state index is 12.2. The van der Waals surface area contributed by atoms with Crippen LogP contribution in [0.3, 0.4) is 0 Å². The van der Waals surface area contributed by atoms with Crippen molar-refractivity contribution in [2.75, 3.05) is 6.54 Å².